The lowest BCUT2D eigenvalue weighted by Gasteiger charge is -2.09. The molecule has 84 valence electrons. The summed E-state index contributed by atoms with van der Waals surface area (Å²) in [5.41, 5.74) is 2.77. The van der Waals surface area contributed by atoms with Gasteiger partial charge in [-0.1, -0.05) is 24.3 Å². The van der Waals surface area contributed by atoms with Crippen molar-refractivity contribution in [3.05, 3.63) is 53.6 Å². The van der Waals surface area contributed by atoms with Crippen LogP contribution in [0.25, 0.3) is 0 Å². The van der Waals surface area contributed by atoms with Crippen LogP contribution in [0, 0.1) is 0 Å². The molecule has 2 aromatic rings. The highest BCUT2D eigenvalue weighted by Gasteiger charge is 2.10. The van der Waals surface area contributed by atoms with Gasteiger partial charge in [-0.2, -0.15) is 0 Å². The molecule has 2 rings (SSSR count). The van der Waals surface area contributed by atoms with Crippen molar-refractivity contribution >= 4 is 0 Å². The van der Waals surface area contributed by atoms with E-state index in [1.165, 1.54) is 5.56 Å². The lowest BCUT2D eigenvalue weighted by atomic mass is 10.1. The Labute approximate surface area is 94.4 Å². The number of nitrogens with zero attached hydrogens (tertiary/aromatic N) is 1. The van der Waals surface area contributed by atoms with E-state index in [2.05, 4.69) is 15.3 Å². The highest BCUT2D eigenvalue weighted by atomic mass is 16.3. The third-order valence-corrected chi connectivity index (χ3v) is 2.49. The maximum absolute atomic E-state index is 10.0. The second kappa shape index (κ2) is 4.92. The van der Waals surface area contributed by atoms with Crippen LogP contribution in [0.2, 0.25) is 0 Å². The Morgan fingerprint density at radius 3 is 2.69 bits per heavy atom. The van der Waals surface area contributed by atoms with Gasteiger partial charge in [-0.3, -0.25) is 0 Å². The average molecular weight is 217 g/mol. The molecule has 4 heteroatoms. The van der Waals surface area contributed by atoms with Crippen LogP contribution >= 0.6 is 0 Å². The van der Waals surface area contributed by atoms with E-state index < -0.39 is 6.10 Å². The molecule has 0 bridgehead atoms. The molecule has 0 aliphatic carbocycles. The van der Waals surface area contributed by atoms with Crippen molar-refractivity contribution in [2.75, 3.05) is 7.05 Å². The molecule has 3 N–H and O–H groups in total. The van der Waals surface area contributed by atoms with E-state index in [9.17, 15) is 5.11 Å². The van der Waals surface area contributed by atoms with E-state index >= 15 is 0 Å². The van der Waals surface area contributed by atoms with Crippen LogP contribution in [0.5, 0.6) is 0 Å². The van der Waals surface area contributed by atoms with Gasteiger partial charge in [-0.05, 0) is 18.2 Å². The summed E-state index contributed by atoms with van der Waals surface area (Å²) in [6, 6.07) is 7.87. The van der Waals surface area contributed by atoms with Crippen LogP contribution in [0.1, 0.15) is 22.9 Å². The molecule has 1 heterocycles. The fourth-order valence-electron chi connectivity index (χ4n) is 1.62. The number of rotatable bonds is 4. The fraction of sp³-hybridized carbons (Fsp3) is 0.250. The van der Waals surface area contributed by atoms with Crippen LogP contribution in [-0.4, -0.2) is 22.1 Å². The standard InChI is InChI=1S/C12H15N3O/c1-13-6-9-2-4-10(5-3-9)12(16)11-7-14-8-15-11/h2-5,7-8,12-13,16H,6H2,1H3,(H,14,15). The Kier molecular flexibility index (Phi) is 3.34. The molecule has 0 saturated heterocycles. The smallest absolute Gasteiger partial charge is 0.120 e. The first-order valence-electron chi connectivity index (χ1n) is 5.21. The van der Waals surface area contributed by atoms with Crippen LogP contribution in [0.4, 0.5) is 0 Å². The van der Waals surface area contributed by atoms with E-state index in [4.69, 9.17) is 0 Å². The zero-order valence-corrected chi connectivity index (χ0v) is 9.14. The van der Waals surface area contributed by atoms with Gasteiger partial charge in [0.1, 0.15) is 6.10 Å². The molecule has 0 spiro atoms. The highest BCUT2D eigenvalue weighted by molar-refractivity contribution is 5.28. The number of benzene rings is 1. The molecule has 1 aromatic carbocycles. The summed E-state index contributed by atoms with van der Waals surface area (Å²) in [6.45, 7) is 0.834. The van der Waals surface area contributed by atoms with Crippen molar-refractivity contribution in [2.24, 2.45) is 0 Å². The predicted octanol–water partition coefficient (Wildman–Crippen LogP) is 1.21. The minimum atomic E-state index is -0.633. The van der Waals surface area contributed by atoms with Gasteiger partial charge in [0.25, 0.3) is 0 Å². The van der Waals surface area contributed by atoms with E-state index in [1.807, 2.05) is 31.3 Å². The van der Waals surface area contributed by atoms with E-state index in [0.29, 0.717) is 5.69 Å². The minimum Gasteiger partial charge on any atom is -0.382 e. The van der Waals surface area contributed by atoms with Crippen molar-refractivity contribution in [3.8, 4) is 0 Å². The van der Waals surface area contributed by atoms with Crippen LogP contribution in [0.15, 0.2) is 36.8 Å². The summed E-state index contributed by atoms with van der Waals surface area (Å²) < 4.78 is 0. The first-order valence-corrected chi connectivity index (χ1v) is 5.21. The van der Waals surface area contributed by atoms with Crippen molar-refractivity contribution in [1.82, 2.24) is 15.3 Å². The van der Waals surface area contributed by atoms with E-state index in [1.54, 1.807) is 12.5 Å². The van der Waals surface area contributed by atoms with Crippen molar-refractivity contribution in [3.63, 3.8) is 0 Å². The Morgan fingerprint density at radius 1 is 1.38 bits per heavy atom. The maximum atomic E-state index is 10.0. The van der Waals surface area contributed by atoms with Gasteiger partial charge >= 0.3 is 0 Å². The Morgan fingerprint density at radius 2 is 2.12 bits per heavy atom. The second-order valence-corrected chi connectivity index (χ2v) is 3.68. The predicted molar refractivity (Wildman–Crippen MR) is 61.9 cm³/mol. The second-order valence-electron chi connectivity index (χ2n) is 3.68. The van der Waals surface area contributed by atoms with Gasteiger partial charge in [-0.25, -0.2) is 4.98 Å². The highest BCUT2D eigenvalue weighted by Crippen LogP contribution is 2.19. The zero-order valence-electron chi connectivity index (χ0n) is 9.14. The van der Waals surface area contributed by atoms with Crippen molar-refractivity contribution in [2.45, 2.75) is 12.6 Å². The number of H-pyrrole nitrogens is 1. The summed E-state index contributed by atoms with van der Waals surface area (Å²) in [5, 5.41) is 13.1. The molecule has 16 heavy (non-hydrogen) atoms. The van der Waals surface area contributed by atoms with Gasteiger partial charge in [-0.15, -0.1) is 0 Å². The number of hydrogen-bond donors (Lipinski definition) is 3. The van der Waals surface area contributed by atoms with Crippen molar-refractivity contribution in [1.29, 1.82) is 0 Å². The topological polar surface area (TPSA) is 60.9 Å². The first-order chi connectivity index (χ1) is 7.81. The monoisotopic (exact) mass is 217 g/mol. The summed E-state index contributed by atoms with van der Waals surface area (Å²) in [6.07, 6.45) is 2.56. The quantitative estimate of drug-likeness (QED) is 0.721. The van der Waals surface area contributed by atoms with E-state index in [0.717, 1.165) is 12.1 Å². The first kappa shape index (κ1) is 10.9. The van der Waals surface area contributed by atoms with Crippen LogP contribution in [0.3, 0.4) is 0 Å². The van der Waals surface area contributed by atoms with Gasteiger partial charge in [0.05, 0.1) is 18.2 Å². The normalized spacial score (nSPS) is 12.6. The number of imidazole rings is 1. The minimum absolute atomic E-state index is 0.633. The molecule has 0 radical (unpaired) electrons. The fourth-order valence-corrected chi connectivity index (χ4v) is 1.62. The molecule has 1 unspecified atom stereocenters. The molecule has 1 atom stereocenters. The molecular weight excluding hydrogens is 202 g/mol. The third kappa shape index (κ3) is 2.29. The zero-order chi connectivity index (χ0) is 11.4. The molecule has 0 aliphatic heterocycles. The molecule has 1 aromatic heterocycles. The Balaban J connectivity index is 2.15. The maximum Gasteiger partial charge on any atom is 0.120 e. The summed E-state index contributed by atoms with van der Waals surface area (Å²) in [4.78, 5) is 6.79. The lowest BCUT2D eigenvalue weighted by Crippen LogP contribution is -2.05. The van der Waals surface area contributed by atoms with Gasteiger partial charge in [0, 0.05) is 6.54 Å². The number of aliphatic hydroxyl groups excluding tert-OH is 1. The Hall–Kier alpha value is -1.65. The Bertz CT molecular complexity index is 422. The summed E-state index contributed by atoms with van der Waals surface area (Å²) in [7, 11) is 1.91. The number of hydrogen-bond acceptors (Lipinski definition) is 3. The number of nitrogens with one attached hydrogen (secondary N) is 2. The van der Waals surface area contributed by atoms with Crippen LogP contribution < -0.4 is 5.32 Å². The molecule has 0 saturated carbocycles. The third-order valence-electron chi connectivity index (χ3n) is 2.49. The largest absolute Gasteiger partial charge is 0.382 e. The number of aromatic amines is 1. The van der Waals surface area contributed by atoms with E-state index in [-0.39, 0.29) is 0 Å². The number of aliphatic hydroxyl groups is 1. The molecule has 0 aliphatic rings. The van der Waals surface area contributed by atoms with Gasteiger partial charge in [0.15, 0.2) is 0 Å². The molecule has 4 nitrogen and oxygen atoms in total. The molecular formula is C12H15N3O. The molecule has 0 amide bonds. The SMILES string of the molecule is CNCc1ccc(C(O)c2cnc[nH]2)cc1. The average Bonchev–Trinajstić information content (AvgIpc) is 2.83. The number of aromatic nitrogens is 2. The summed E-state index contributed by atoms with van der Waals surface area (Å²) in [5.74, 6) is 0. The molecule has 0 fully saturated rings. The lowest BCUT2D eigenvalue weighted by molar-refractivity contribution is 0.216. The van der Waals surface area contributed by atoms with Crippen molar-refractivity contribution < 1.29 is 5.11 Å². The van der Waals surface area contributed by atoms with Crippen LogP contribution in [-0.2, 0) is 6.54 Å². The van der Waals surface area contributed by atoms with Gasteiger partial charge < -0.3 is 15.4 Å². The summed E-state index contributed by atoms with van der Waals surface area (Å²) >= 11 is 0. The van der Waals surface area contributed by atoms with Gasteiger partial charge in [0.2, 0.25) is 0 Å².